The van der Waals surface area contributed by atoms with E-state index >= 15 is 0 Å². The molecule has 0 spiro atoms. The van der Waals surface area contributed by atoms with Gasteiger partial charge in [-0.2, -0.15) is 0 Å². The van der Waals surface area contributed by atoms with Crippen LogP contribution in [0.1, 0.15) is 42.0 Å². The maximum Gasteiger partial charge on any atom is 0.104 e. The van der Waals surface area contributed by atoms with E-state index in [2.05, 4.69) is 94.5 Å². The van der Waals surface area contributed by atoms with Gasteiger partial charge in [-0.3, -0.25) is 0 Å². The molecule has 3 aliphatic rings. The molecule has 0 saturated heterocycles. The van der Waals surface area contributed by atoms with Gasteiger partial charge in [-0.05, 0) is 67.3 Å². The lowest BCUT2D eigenvalue weighted by Gasteiger charge is -2.02. The third-order valence-electron chi connectivity index (χ3n) is 4.65. The van der Waals surface area contributed by atoms with Gasteiger partial charge in [0, 0.05) is 41.3 Å². The monoisotopic (exact) mass is 325 g/mol. The maximum atomic E-state index is 3.17. The second-order valence-corrected chi connectivity index (χ2v) is 6.92. The van der Waals surface area contributed by atoms with Crippen molar-refractivity contribution in [1.29, 1.82) is 0 Å². The van der Waals surface area contributed by atoms with E-state index in [-0.39, 0.29) is 0 Å². The minimum atomic E-state index is 0.537. The summed E-state index contributed by atoms with van der Waals surface area (Å²) in [6.45, 7) is 8.91. The van der Waals surface area contributed by atoms with E-state index in [9.17, 15) is 0 Å². The Morgan fingerprint density at radius 1 is 1.04 bits per heavy atom. The summed E-state index contributed by atoms with van der Waals surface area (Å²) in [7, 11) is 0. The first-order valence-electron chi connectivity index (χ1n) is 8.91. The van der Waals surface area contributed by atoms with Crippen molar-refractivity contribution in [1.82, 2.24) is 0 Å². The van der Waals surface area contributed by atoms with Crippen molar-refractivity contribution >= 4 is 0 Å². The molecule has 3 aliphatic carbocycles. The van der Waals surface area contributed by atoms with Crippen LogP contribution in [0.2, 0.25) is 0 Å². The third-order valence-corrected chi connectivity index (χ3v) is 4.65. The Kier molecular flexibility index (Phi) is 5.12. The molecule has 0 bridgehead atoms. The summed E-state index contributed by atoms with van der Waals surface area (Å²) in [6.07, 6.45) is 16.5. The normalized spacial score (nSPS) is 13.7. The third kappa shape index (κ3) is 3.87. The first-order chi connectivity index (χ1) is 12.1. The van der Waals surface area contributed by atoms with Gasteiger partial charge in [0.1, 0.15) is 5.56 Å². The minimum absolute atomic E-state index is 0.537. The van der Waals surface area contributed by atoms with Gasteiger partial charge in [-0.15, -0.1) is 5.73 Å². The highest BCUT2D eigenvalue weighted by Gasteiger charge is 2.21. The van der Waals surface area contributed by atoms with Gasteiger partial charge in [-0.1, -0.05) is 26.0 Å². The Hall–Kier alpha value is -2.69. The lowest BCUT2D eigenvalue weighted by atomic mass is 10.00. The zero-order valence-corrected chi connectivity index (χ0v) is 15.5. The van der Waals surface area contributed by atoms with E-state index in [1.54, 1.807) is 0 Å². The SMILES string of the molecule is Cc1cc([CH+]/C=C/C=C/C2=C=CC=C2)c2c(C)ccc(C(C)C)cc1-2. The number of rotatable bonds is 5. The largest absolute Gasteiger partial charge is 0.113 e. The minimum Gasteiger partial charge on any atom is -0.113 e. The number of hydrogen-bond acceptors (Lipinski definition) is 0. The molecule has 25 heavy (non-hydrogen) atoms. The molecular formula is C25H25+. The fourth-order valence-electron chi connectivity index (χ4n) is 3.20. The summed E-state index contributed by atoms with van der Waals surface area (Å²) in [5.41, 5.74) is 12.4. The molecule has 0 aromatic rings. The van der Waals surface area contributed by atoms with Crippen LogP contribution in [0.3, 0.4) is 0 Å². The molecule has 0 unspecified atom stereocenters. The molecule has 0 aliphatic heterocycles. The Morgan fingerprint density at radius 2 is 1.88 bits per heavy atom. The predicted molar refractivity (Wildman–Crippen MR) is 109 cm³/mol. The fourth-order valence-corrected chi connectivity index (χ4v) is 3.20. The van der Waals surface area contributed by atoms with E-state index in [0.717, 1.165) is 5.57 Å². The van der Waals surface area contributed by atoms with Crippen molar-refractivity contribution in [3.63, 3.8) is 0 Å². The Morgan fingerprint density at radius 3 is 2.60 bits per heavy atom. The second-order valence-electron chi connectivity index (χ2n) is 6.92. The van der Waals surface area contributed by atoms with E-state index in [0.29, 0.717) is 5.92 Å². The lowest BCUT2D eigenvalue weighted by Crippen LogP contribution is -1.84. The summed E-state index contributed by atoms with van der Waals surface area (Å²) < 4.78 is 0. The van der Waals surface area contributed by atoms with Crippen molar-refractivity contribution in [3.05, 3.63) is 107 Å². The van der Waals surface area contributed by atoms with Crippen LogP contribution >= 0.6 is 0 Å². The Balaban J connectivity index is 1.84. The smallest absolute Gasteiger partial charge is 0.104 e. The molecule has 0 nitrogen and oxygen atoms in total. The quantitative estimate of drug-likeness (QED) is 0.320. The highest BCUT2D eigenvalue weighted by Crippen LogP contribution is 2.36. The zero-order chi connectivity index (χ0) is 17.8. The molecule has 0 heteroatoms. The molecule has 0 aromatic heterocycles. The Labute approximate surface area is 151 Å². The van der Waals surface area contributed by atoms with Crippen LogP contribution in [0.15, 0.2) is 78.1 Å². The fraction of sp³-hybridized carbons (Fsp3) is 0.200. The van der Waals surface area contributed by atoms with Gasteiger partial charge in [0.25, 0.3) is 0 Å². The molecule has 0 radical (unpaired) electrons. The summed E-state index contributed by atoms with van der Waals surface area (Å²) in [6, 6.07) is 9.16. The van der Waals surface area contributed by atoms with Gasteiger partial charge in [-0.25, -0.2) is 0 Å². The van der Waals surface area contributed by atoms with Crippen LogP contribution in [0.4, 0.5) is 0 Å². The van der Waals surface area contributed by atoms with Crippen molar-refractivity contribution < 1.29 is 0 Å². The average molecular weight is 325 g/mol. The summed E-state index contributed by atoms with van der Waals surface area (Å²) in [5, 5.41) is 0. The van der Waals surface area contributed by atoms with E-state index in [4.69, 9.17) is 0 Å². The van der Waals surface area contributed by atoms with Gasteiger partial charge in [0.05, 0.1) is 5.56 Å². The predicted octanol–water partition coefficient (Wildman–Crippen LogP) is 6.85. The van der Waals surface area contributed by atoms with Crippen molar-refractivity contribution in [2.75, 3.05) is 0 Å². The summed E-state index contributed by atoms with van der Waals surface area (Å²) >= 11 is 0. The van der Waals surface area contributed by atoms with Crippen molar-refractivity contribution in [2.24, 2.45) is 0 Å². The van der Waals surface area contributed by atoms with Gasteiger partial charge < -0.3 is 0 Å². The van der Waals surface area contributed by atoms with Gasteiger partial charge in [0.15, 0.2) is 0 Å². The molecule has 0 N–H and O–H groups in total. The molecule has 0 fully saturated rings. The second kappa shape index (κ2) is 7.47. The van der Waals surface area contributed by atoms with Crippen LogP contribution in [-0.2, 0) is 0 Å². The molecule has 0 heterocycles. The standard InChI is InChI=1S/C25H25/c1-18(2)22-15-14-19(3)25-23(16-20(4)24(25)17-22)13-7-5-6-10-21-11-8-9-12-21/h5-11,13-18H,1-4H3/q+1/b7-5+,10-6+. The average Bonchev–Trinajstić information content (AvgIpc) is 3.14. The number of hydrogen-bond donors (Lipinski definition) is 0. The Bertz CT molecular complexity index is 894. The highest BCUT2D eigenvalue weighted by molar-refractivity contribution is 5.79. The van der Waals surface area contributed by atoms with Crippen molar-refractivity contribution in [2.45, 2.75) is 33.6 Å². The first-order valence-corrected chi connectivity index (χ1v) is 8.91. The van der Waals surface area contributed by atoms with Crippen molar-refractivity contribution in [3.8, 4) is 11.1 Å². The number of fused-ring (bicyclic) bond motifs is 1. The zero-order valence-electron chi connectivity index (χ0n) is 15.5. The van der Waals surface area contributed by atoms with Crippen LogP contribution in [0.25, 0.3) is 11.1 Å². The van der Waals surface area contributed by atoms with E-state index < -0.39 is 0 Å². The molecule has 0 atom stereocenters. The molecule has 0 amide bonds. The topological polar surface area (TPSA) is 0 Å². The highest BCUT2D eigenvalue weighted by atomic mass is 14.2. The number of allylic oxidation sites excluding steroid dienone is 7. The molecule has 3 rings (SSSR count). The first kappa shape index (κ1) is 17.1. The maximum absolute atomic E-state index is 3.17. The van der Waals surface area contributed by atoms with Gasteiger partial charge in [0.2, 0.25) is 0 Å². The van der Waals surface area contributed by atoms with Crippen LogP contribution in [0, 0.1) is 20.3 Å². The van der Waals surface area contributed by atoms with Crippen LogP contribution in [-0.4, -0.2) is 0 Å². The summed E-state index contributed by atoms with van der Waals surface area (Å²) in [4.78, 5) is 0. The summed E-state index contributed by atoms with van der Waals surface area (Å²) in [5.74, 6) is 0.537. The molecular weight excluding hydrogens is 300 g/mol. The number of aryl methyl sites for hydroxylation is 2. The van der Waals surface area contributed by atoms with Crippen LogP contribution in [0.5, 0.6) is 0 Å². The van der Waals surface area contributed by atoms with Gasteiger partial charge >= 0.3 is 0 Å². The molecule has 124 valence electrons. The lowest BCUT2D eigenvalue weighted by molar-refractivity contribution is 0.868. The van der Waals surface area contributed by atoms with E-state index in [1.165, 1.54) is 33.4 Å². The molecule has 0 saturated carbocycles. The molecule has 0 aromatic carbocycles. The van der Waals surface area contributed by atoms with Crippen LogP contribution < -0.4 is 0 Å². The van der Waals surface area contributed by atoms with E-state index in [1.807, 2.05) is 12.2 Å².